The normalized spacial score (nSPS) is 21.9. The molecular formula is C24H32N5O5P. The maximum absolute atomic E-state index is 6.25. The number of hydrogen-bond acceptors (Lipinski definition) is 9. The third kappa shape index (κ3) is 5.13. The SMILES string of the molecule is CCOP(OC)Oc1cc(N2CCOC[C@H]2C)nc2c(-c3ccnn3C3CCCCO3)nccc12. The summed E-state index contributed by atoms with van der Waals surface area (Å²) in [5, 5.41) is 5.42. The minimum atomic E-state index is -1.55. The van der Waals surface area contributed by atoms with Gasteiger partial charge in [0, 0.05) is 44.1 Å². The molecule has 3 atom stereocenters. The molecule has 0 radical (unpaired) electrons. The van der Waals surface area contributed by atoms with E-state index in [4.69, 9.17) is 33.0 Å². The Morgan fingerprint density at radius 2 is 2.11 bits per heavy atom. The second kappa shape index (κ2) is 11.1. The first-order chi connectivity index (χ1) is 17.2. The molecule has 2 unspecified atom stereocenters. The van der Waals surface area contributed by atoms with Crippen LogP contribution in [0.2, 0.25) is 0 Å². The summed E-state index contributed by atoms with van der Waals surface area (Å²) in [5.41, 5.74) is 2.34. The fourth-order valence-electron chi connectivity index (χ4n) is 4.54. The number of nitrogens with zero attached hydrogens (tertiary/aromatic N) is 5. The first-order valence-corrected chi connectivity index (χ1v) is 13.2. The Bertz CT molecular complexity index is 1140. The van der Waals surface area contributed by atoms with Gasteiger partial charge < -0.3 is 27.9 Å². The molecule has 188 valence electrons. The van der Waals surface area contributed by atoms with Crippen molar-refractivity contribution in [2.75, 3.05) is 45.0 Å². The third-order valence-corrected chi connectivity index (χ3v) is 7.35. The zero-order valence-corrected chi connectivity index (χ0v) is 21.3. The number of anilines is 1. The van der Waals surface area contributed by atoms with E-state index in [0.29, 0.717) is 25.6 Å². The van der Waals surface area contributed by atoms with Crippen LogP contribution >= 0.6 is 8.60 Å². The standard InChI is InChI=1S/C24H32N5O5P/c1-4-33-35(30-3)34-20-15-21(28-12-14-31-16-17(28)2)27-23-18(20)8-10-25-24(23)19-9-11-26-29(19)22-7-5-6-13-32-22/h8-11,15,17,22H,4-7,12-14,16H2,1-3H3/t17-,22?,35?/m1/s1. The zero-order chi connectivity index (χ0) is 24.2. The van der Waals surface area contributed by atoms with Crippen molar-refractivity contribution in [1.29, 1.82) is 0 Å². The van der Waals surface area contributed by atoms with E-state index in [2.05, 4.69) is 16.9 Å². The number of fused-ring (bicyclic) bond motifs is 1. The topological polar surface area (TPSA) is 93.0 Å². The molecule has 0 spiro atoms. The Morgan fingerprint density at radius 3 is 2.89 bits per heavy atom. The average molecular weight is 502 g/mol. The molecule has 10 nitrogen and oxygen atoms in total. The lowest BCUT2D eigenvalue weighted by Gasteiger charge is -2.34. The minimum Gasteiger partial charge on any atom is -0.426 e. The van der Waals surface area contributed by atoms with E-state index >= 15 is 0 Å². The molecule has 2 fully saturated rings. The first-order valence-electron chi connectivity index (χ1n) is 12.1. The van der Waals surface area contributed by atoms with Crippen LogP contribution in [0.4, 0.5) is 5.82 Å². The second-order valence-corrected chi connectivity index (χ2v) is 9.80. The summed E-state index contributed by atoms with van der Waals surface area (Å²) in [6.07, 6.45) is 6.56. The van der Waals surface area contributed by atoms with Crippen molar-refractivity contribution in [2.24, 2.45) is 0 Å². The van der Waals surface area contributed by atoms with Crippen molar-refractivity contribution < 1.29 is 23.0 Å². The summed E-state index contributed by atoms with van der Waals surface area (Å²) >= 11 is 0. The van der Waals surface area contributed by atoms with Crippen molar-refractivity contribution in [3.63, 3.8) is 0 Å². The molecule has 0 aromatic carbocycles. The Labute approximate surface area is 206 Å². The van der Waals surface area contributed by atoms with E-state index in [1.54, 1.807) is 19.5 Å². The molecule has 2 saturated heterocycles. The average Bonchev–Trinajstić information content (AvgIpc) is 3.38. The lowest BCUT2D eigenvalue weighted by Crippen LogP contribution is -2.44. The maximum atomic E-state index is 6.25. The highest BCUT2D eigenvalue weighted by atomic mass is 31.2. The van der Waals surface area contributed by atoms with Crippen LogP contribution in [0.3, 0.4) is 0 Å². The van der Waals surface area contributed by atoms with Crippen LogP contribution in [0.25, 0.3) is 22.3 Å². The van der Waals surface area contributed by atoms with Gasteiger partial charge in [0.15, 0.2) is 6.23 Å². The Kier molecular flexibility index (Phi) is 7.75. The molecule has 5 rings (SSSR count). The van der Waals surface area contributed by atoms with Crippen LogP contribution < -0.4 is 9.42 Å². The number of rotatable bonds is 8. The molecule has 3 aromatic rings. The lowest BCUT2D eigenvalue weighted by molar-refractivity contribution is -0.0383. The third-order valence-electron chi connectivity index (χ3n) is 6.24. The molecule has 0 bridgehead atoms. The highest BCUT2D eigenvalue weighted by Crippen LogP contribution is 2.44. The number of aromatic nitrogens is 4. The predicted octanol–water partition coefficient (Wildman–Crippen LogP) is 4.71. The highest BCUT2D eigenvalue weighted by Gasteiger charge is 2.26. The summed E-state index contributed by atoms with van der Waals surface area (Å²) in [5.74, 6) is 1.45. The fraction of sp³-hybridized carbons (Fsp3) is 0.542. The molecule has 0 saturated carbocycles. The Hall–Kier alpha value is -2.36. The minimum absolute atomic E-state index is 0.108. The summed E-state index contributed by atoms with van der Waals surface area (Å²) < 4.78 is 31.0. The quantitative estimate of drug-likeness (QED) is 0.407. The van der Waals surface area contributed by atoms with E-state index in [-0.39, 0.29) is 12.3 Å². The van der Waals surface area contributed by atoms with Gasteiger partial charge in [-0.05, 0) is 45.2 Å². The molecule has 35 heavy (non-hydrogen) atoms. The summed E-state index contributed by atoms with van der Waals surface area (Å²) in [6.45, 7) is 7.31. The van der Waals surface area contributed by atoms with Crippen LogP contribution in [0.5, 0.6) is 5.75 Å². The smallest absolute Gasteiger partial charge is 0.396 e. The molecule has 0 amide bonds. The zero-order valence-electron chi connectivity index (χ0n) is 20.4. The Morgan fingerprint density at radius 1 is 1.20 bits per heavy atom. The highest BCUT2D eigenvalue weighted by molar-refractivity contribution is 7.42. The summed E-state index contributed by atoms with van der Waals surface area (Å²) in [6, 6.07) is 6.02. The fourth-order valence-corrected chi connectivity index (χ4v) is 5.29. The molecule has 2 aliphatic rings. The summed E-state index contributed by atoms with van der Waals surface area (Å²) in [4.78, 5) is 12.1. The van der Waals surface area contributed by atoms with Gasteiger partial charge in [-0.3, -0.25) is 4.98 Å². The van der Waals surface area contributed by atoms with Gasteiger partial charge in [0.1, 0.15) is 22.8 Å². The van der Waals surface area contributed by atoms with Crippen molar-refractivity contribution >= 4 is 25.3 Å². The van der Waals surface area contributed by atoms with Gasteiger partial charge in [-0.15, -0.1) is 0 Å². The maximum Gasteiger partial charge on any atom is 0.396 e. The molecule has 11 heteroatoms. The Balaban J connectivity index is 1.64. The van der Waals surface area contributed by atoms with E-state index in [0.717, 1.165) is 60.5 Å². The number of ether oxygens (including phenoxy) is 2. The van der Waals surface area contributed by atoms with Crippen LogP contribution in [-0.4, -0.2) is 65.9 Å². The molecule has 5 heterocycles. The van der Waals surface area contributed by atoms with E-state index < -0.39 is 8.60 Å². The van der Waals surface area contributed by atoms with Crippen molar-refractivity contribution in [1.82, 2.24) is 19.7 Å². The van der Waals surface area contributed by atoms with E-state index in [1.165, 1.54) is 0 Å². The van der Waals surface area contributed by atoms with Crippen LogP contribution in [0.1, 0.15) is 39.3 Å². The van der Waals surface area contributed by atoms with Gasteiger partial charge in [-0.25, -0.2) is 9.67 Å². The van der Waals surface area contributed by atoms with Crippen molar-refractivity contribution in [3.8, 4) is 17.1 Å². The molecule has 2 aliphatic heterocycles. The summed E-state index contributed by atoms with van der Waals surface area (Å²) in [7, 11) is 0.0397. The van der Waals surface area contributed by atoms with Gasteiger partial charge in [0.2, 0.25) is 0 Å². The monoisotopic (exact) mass is 501 g/mol. The van der Waals surface area contributed by atoms with Crippen molar-refractivity contribution in [2.45, 2.75) is 45.4 Å². The van der Waals surface area contributed by atoms with E-state index in [9.17, 15) is 0 Å². The molecule has 0 N–H and O–H groups in total. The molecule has 3 aromatic heterocycles. The van der Waals surface area contributed by atoms with Gasteiger partial charge in [-0.1, -0.05) is 0 Å². The predicted molar refractivity (Wildman–Crippen MR) is 133 cm³/mol. The number of morpholine rings is 1. The van der Waals surface area contributed by atoms with Gasteiger partial charge in [-0.2, -0.15) is 5.10 Å². The number of hydrogen-bond donors (Lipinski definition) is 0. The van der Waals surface area contributed by atoms with E-state index in [1.807, 2.05) is 29.8 Å². The number of pyridine rings is 2. The second-order valence-electron chi connectivity index (χ2n) is 8.55. The van der Waals surface area contributed by atoms with Crippen LogP contribution in [0.15, 0.2) is 30.6 Å². The van der Waals surface area contributed by atoms with Gasteiger partial charge in [0.05, 0.1) is 31.6 Å². The van der Waals surface area contributed by atoms with Gasteiger partial charge >= 0.3 is 8.60 Å². The van der Waals surface area contributed by atoms with Crippen LogP contribution in [0, 0.1) is 0 Å². The van der Waals surface area contributed by atoms with Crippen molar-refractivity contribution in [3.05, 3.63) is 30.6 Å². The van der Waals surface area contributed by atoms with Gasteiger partial charge in [0.25, 0.3) is 0 Å². The first kappa shape index (κ1) is 24.3. The lowest BCUT2D eigenvalue weighted by atomic mass is 10.1. The molecular weight excluding hydrogens is 469 g/mol. The molecule has 0 aliphatic carbocycles. The van der Waals surface area contributed by atoms with Crippen LogP contribution in [-0.2, 0) is 18.5 Å². The largest absolute Gasteiger partial charge is 0.426 e.